The van der Waals surface area contributed by atoms with Crippen molar-refractivity contribution < 1.29 is 93.4 Å². The summed E-state index contributed by atoms with van der Waals surface area (Å²) in [5, 5.41) is 0. The van der Waals surface area contributed by atoms with Crippen molar-refractivity contribution in [2.24, 2.45) is 0 Å². The Labute approximate surface area is 241 Å². The Kier molecular flexibility index (Phi) is 37.0. The molecule has 0 unspecified atom stereocenters. The fraction of sp³-hybridized carbons (Fsp3) is 1.00. The molecule has 12 heteroatoms. The van der Waals surface area contributed by atoms with Crippen LogP contribution in [0.2, 0.25) is 0 Å². The zero-order valence-electron chi connectivity index (χ0n) is 20.8. The van der Waals surface area contributed by atoms with Crippen LogP contribution in [0.4, 0.5) is 0 Å². The first-order valence-corrected chi connectivity index (χ1v) is 14.0. The van der Waals surface area contributed by atoms with Gasteiger partial charge in [-0.05, 0) is 12.8 Å². The largest absolute Gasteiger partial charge is 1.00 e. The number of unbranched alkanes of at least 4 members (excludes halogenated alkanes) is 14. The third-order valence-corrected chi connectivity index (χ3v) is 5.36. The summed E-state index contributed by atoms with van der Waals surface area (Å²) >= 11 is 0. The van der Waals surface area contributed by atoms with Crippen molar-refractivity contribution in [2.75, 3.05) is 13.2 Å². The average Bonchev–Trinajstić information content (AvgIpc) is 2.64. The molecule has 0 rings (SSSR count). The summed E-state index contributed by atoms with van der Waals surface area (Å²) in [5.74, 6) is 0. The quantitative estimate of drug-likeness (QED) is 0.0883. The second-order valence-electron chi connectivity index (χ2n) is 7.41. The van der Waals surface area contributed by atoms with Crippen LogP contribution in [-0.4, -0.2) is 39.2 Å². The third kappa shape index (κ3) is 45.3. The minimum Gasteiger partial charge on any atom is -0.726 e. The molecule has 0 bridgehead atoms. The first-order chi connectivity index (χ1) is 14.1. The molecule has 0 amide bonds. The molecule has 0 N–H and O–H groups in total. The molecule has 0 aromatic rings. The van der Waals surface area contributed by atoms with E-state index in [2.05, 4.69) is 22.2 Å². The molecule has 0 heterocycles. The van der Waals surface area contributed by atoms with Gasteiger partial charge < -0.3 is 9.11 Å². The molecule has 0 fully saturated rings. The predicted molar refractivity (Wildman–Crippen MR) is 117 cm³/mol. The molecule has 32 heavy (non-hydrogen) atoms. The summed E-state index contributed by atoms with van der Waals surface area (Å²) in [6, 6.07) is 0. The van der Waals surface area contributed by atoms with Crippen molar-refractivity contribution in [3.63, 3.8) is 0 Å². The fourth-order valence-corrected chi connectivity index (χ4v) is 3.44. The van der Waals surface area contributed by atoms with E-state index < -0.39 is 20.8 Å². The number of hydrogen-bond donors (Lipinski definition) is 0. The smallest absolute Gasteiger partial charge is 0.726 e. The Bertz CT molecular complexity index is 558. The molecule has 0 aliphatic heterocycles. The van der Waals surface area contributed by atoms with Gasteiger partial charge in [0.2, 0.25) is 20.8 Å². The van der Waals surface area contributed by atoms with E-state index >= 15 is 0 Å². The zero-order valence-corrected chi connectivity index (χ0v) is 26.4. The summed E-state index contributed by atoms with van der Waals surface area (Å²) < 4.78 is 68.5. The van der Waals surface area contributed by atoms with Gasteiger partial charge in [-0.15, -0.1) is 0 Å². The molecule has 0 atom stereocenters. The number of rotatable bonds is 20. The fourth-order valence-electron chi connectivity index (χ4n) is 2.79. The van der Waals surface area contributed by atoms with Gasteiger partial charge in [0.15, 0.2) is 0 Å². The molecule has 8 nitrogen and oxygen atoms in total. The number of hydrogen-bond acceptors (Lipinski definition) is 8. The van der Waals surface area contributed by atoms with Gasteiger partial charge in [-0.25, -0.2) is 16.8 Å². The van der Waals surface area contributed by atoms with E-state index in [9.17, 15) is 25.9 Å². The van der Waals surface area contributed by atoms with E-state index in [-0.39, 0.29) is 72.3 Å². The van der Waals surface area contributed by atoms with Gasteiger partial charge in [0.25, 0.3) is 0 Å². The second-order valence-corrected chi connectivity index (χ2v) is 9.51. The van der Waals surface area contributed by atoms with E-state index in [1.54, 1.807) is 0 Å². The van der Waals surface area contributed by atoms with Crippen LogP contribution < -0.4 is 59.1 Å². The van der Waals surface area contributed by atoms with Crippen molar-refractivity contribution in [1.29, 1.82) is 0 Å². The molecule has 0 saturated carbocycles. The summed E-state index contributed by atoms with van der Waals surface area (Å²) in [5.41, 5.74) is 0. The second kappa shape index (κ2) is 29.0. The van der Waals surface area contributed by atoms with Crippen LogP contribution in [0.1, 0.15) is 117 Å². The Balaban J connectivity index is -0.000000238. The first-order valence-electron chi connectivity index (χ1n) is 11.3. The standard InChI is InChI=1S/C12H26O4S.C8H18O4S.2Na/c1-2-3-4-5-6-7-8-9-10-11-12-16-17(13,14)15;1-2-3-4-5-6-7-8-12-13(9,10)11;;/h2-12H2,1H3,(H,13,14,15);2-8H2,1H3,(H,9,10,11);;/q;;2*+1/p-2. The molecule has 0 aliphatic carbocycles. The average molecular weight is 521 g/mol. The Morgan fingerprint density at radius 2 is 0.688 bits per heavy atom. The van der Waals surface area contributed by atoms with Gasteiger partial charge >= 0.3 is 59.1 Å². The molecule has 0 aliphatic rings. The Hall–Kier alpha value is 1.74. The summed E-state index contributed by atoms with van der Waals surface area (Å²) in [6.07, 6.45) is 17.9. The van der Waals surface area contributed by atoms with Crippen LogP contribution in [0.25, 0.3) is 0 Å². The maximum atomic E-state index is 10.1. The normalized spacial score (nSPS) is 11.1. The molecular weight excluding hydrogens is 478 g/mol. The maximum absolute atomic E-state index is 10.1. The van der Waals surface area contributed by atoms with Gasteiger partial charge in [0.1, 0.15) is 0 Å². The van der Waals surface area contributed by atoms with Crippen molar-refractivity contribution in [3.05, 3.63) is 0 Å². The van der Waals surface area contributed by atoms with E-state index in [1.807, 2.05) is 0 Å². The molecular formula is C20H42Na2O8S2. The molecule has 0 radical (unpaired) electrons. The van der Waals surface area contributed by atoms with Gasteiger partial charge in [-0.1, -0.05) is 104 Å². The molecule has 0 aromatic carbocycles. The molecule has 0 saturated heterocycles. The Morgan fingerprint density at radius 3 is 0.906 bits per heavy atom. The molecule has 184 valence electrons. The molecule has 0 aromatic heterocycles. The monoisotopic (exact) mass is 520 g/mol. The van der Waals surface area contributed by atoms with Crippen LogP contribution >= 0.6 is 0 Å². The molecule has 0 spiro atoms. The van der Waals surface area contributed by atoms with E-state index in [4.69, 9.17) is 0 Å². The summed E-state index contributed by atoms with van der Waals surface area (Å²) in [7, 11) is -8.96. The van der Waals surface area contributed by atoms with E-state index in [1.165, 1.54) is 64.2 Å². The SMILES string of the molecule is CCCCCCCCCCCCOS(=O)(=O)[O-].CCCCCCCCOS(=O)(=O)[O-].[Na+].[Na+]. The van der Waals surface area contributed by atoms with Gasteiger partial charge in [-0.2, -0.15) is 0 Å². The van der Waals surface area contributed by atoms with Gasteiger partial charge in [-0.3, -0.25) is 8.37 Å². The third-order valence-electron chi connectivity index (χ3n) is 4.45. The Morgan fingerprint density at radius 1 is 0.469 bits per heavy atom. The minimum atomic E-state index is -4.48. The predicted octanol–water partition coefficient (Wildman–Crippen LogP) is -0.784. The van der Waals surface area contributed by atoms with Crippen LogP contribution in [0.5, 0.6) is 0 Å². The van der Waals surface area contributed by atoms with Crippen LogP contribution in [0.15, 0.2) is 0 Å². The zero-order chi connectivity index (χ0) is 23.1. The van der Waals surface area contributed by atoms with Crippen LogP contribution in [0, 0.1) is 0 Å². The van der Waals surface area contributed by atoms with E-state index in [0.717, 1.165) is 25.7 Å². The summed E-state index contributed by atoms with van der Waals surface area (Å²) in [4.78, 5) is 0. The van der Waals surface area contributed by atoms with Crippen molar-refractivity contribution in [1.82, 2.24) is 0 Å². The minimum absolute atomic E-state index is 0. The summed E-state index contributed by atoms with van der Waals surface area (Å²) in [6.45, 7) is 4.40. The first kappa shape index (κ1) is 40.9. The van der Waals surface area contributed by atoms with Crippen LogP contribution in [-0.2, 0) is 29.2 Å². The topological polar surface area (TPSA) is 133 Å². The van der Waals surface area contributed by atoms with Gasteiger partial charge in [0, 0.05) is 0 Å². The van der Waals surface area contributed by atoms with Crippen molar-refractivity contribution in [2.45, 2.75) is 117 Å². The van der Waals surface area contributed by atoms with E-state index in [0.29, 0.717) is 12.8 Å². The maximum Gasteiger partial charge on any atom is 1.00 e. The van der Waals surface area contributed by atoms with Crippen LogP contribution in [0.3, 0.4) is 0 Å². The van der Waals surface area contributed by atoms with Crippen molar-refractivity contribution in [3.8, 4) is 0 Å². The van der Waals surface area contributed by atoms with Gasteiger partial charge in [0.05, 0.1) is 13.2 Å². The van der Waals surface area contributed by atoms with Crippen molar-refractivity contribution >= 4 is 20.8 Å².